The van der Waals surface area contributed by atoms with E-state index in [1.165, 1.54) is 24.3 Å². The van der Waals surface area contributed by atoms with E-state index in [9.17, 15) is 18.4 Å². The monoisotopic (exact) mass is 535 g/mol. The Morgan fingerprint density at radius 1 is 0.846 bits per heavy atom. The number of benzene rings is 3. The van der Waals surface area contributed by atoms with Gasteiger partial charge < -0.3 is 15.0 Å². The maximum atomic E-state index is 13.5. The zero-order chi connectivity index (χ0) is 27.6. The Hall–Kier alpha value is -3.78. The van der Waals surface area contributed by atoms with E-state index in [0.29, 0.717) is 13.1 Å². The number of carbonyl (C=O) groups excluding carboxylic acids is 2. The highest BCUT2D eigenvalue weighted by atomic mass is 19.1. The summed E-state index contributed by atoms with van der Waals surface area (Å²) in [6.45, 7) is 5.34. The van der Waals surface area contributed by atoms with Gasteiger partial charge in [0.2, 0.25) is 5.91 Å². The molecule has 39 heavy (non-hydrogen) atoms. The lowest BCUT2D eigenvalue weighted by Gasteiger charge is -2.36. The van der Waals surface area contributed by atoms with Gasteiger partial charge in [-0.25, -0.2) is 13.6 Å². The Labute approximate surface area is 228 Å². The fraction of sp³-hybridized carbons (Fsp3) is 0.355. The fourth-order valence-corrected chi connectivity index (χ4v) is 4.90. The third-order valence-electron chi connectivity index (χ3n) is 7.11. The van der Waals surface area contributed by atoms with Crippen molar-refractivity contribution in [3.05, 3.63) is 107 Å². The summed E-state index contributed by atoms with van der Waals surface area (Å²) in [5.74, 6) is -0.642. The molecule has 0 spiro atoms. The largest absolute Gasteiger partial charge is 0.445 e. The molecule has 1 aliphatic heterocycles. The second-order valence-electron chi connectivity index (χ2n) is 9.89. The number of hydrogen-bond donors (Lipinski definition) is 1. The second kappa shape index (κ2) is 13.8. The topological polar surface area (TPSA) is 61.9 Å². The second-order valence-corrected chi connectivity index (χ2v) is 9.89. The molecule has 6 nitrogen and oxygen atoms in total. The molecular formula is C31H35F2N3O3. The van der Waals surface area contributed by atoms with Crippen molar-refractivity contribution in [1.29, 1.82) is 0 Å². The lowest BCUT2D eigenvalue weighted by Crippen LogP contribution is -2.54. The minimum atomic E-state index is -0.674. The van der Waals surface area contributed by atoms with Gasteiger partial charge in [-0.15, -0.1) is 0 Å². The average Bonchev–Trinajstić information content (AvgIpc) is 2.96. The highest BCUT2D eigenvalue weighted by Gasteiger charge is 2.26. The maximum Gasteiger partial charge on any atom is 0.408 e. The van der Waals surface area contributed by atoms with Gasteiger partial charge in [-0.2, -0.15) is 0 Å². The highest BCUT2D eigenvalue weighted by molar-refractivity contribution is 5.85. The number of ether oxygens (including phenoxy) is 1. The number of piperazine rings is 1. The summed E-state index contributed by atoms with van der Waals surface area (Å²) in [5.41, 5.74) is 2.88. The number of carbonyl (C=O) groups is 2. The number of amides is 2. The minimum absolute atomic E-state index is 0.0441. The van der Waals surface area contributed by atoms with Crippen molar-refractivity contribution in [3.8, 4) is 0 Å². The first-order chi connectivity index (χ1) is 18.9. The molecule has 0 bridgehead atoms. The van der Waals surface area contributed by atoms with Crippen molar-refractivity contribution in [1.82, 2.24) is 15.1 Å². The maximum absolute atomic E-state index is 13.5. The third kappa shape index (κ3) is 8.35. The van der Waals surface area contributed by atoms with Crippen molar-refractivity contribution < 1.29 is 23.1 Å². The Kier molecular flexibility index (Phi) is 10.0. The summed E-state index contributed by atoms with van der Waals surface area (Å²) in [7, 11) is 0. The van der Waals surface area contributed by atoms with E-state index < -0.39 is 12.1 Å². The lowest BCUT2D eigenvalue weighted by molar-refractivity contribution is -0.134. The zero-order valence-electron chi connectivity index (χ0n) is 22.2. The quantitative estimate of drug-likeness (QED) is 0.381. The number of hydrogen-bond acceptors (Lipinski definition) is 4. The molecule has 0 radical (unpaired) electrons. The molecule has 4 rings (SSSR count). The summed E-state index contributed by atoms with van der Waals surface area (Å²) >= 11 is 0. The van der Waals surface area contributed by atoms with E-state index in [4.69, 9.17) is 4.74 Å². The Morgan fingerprint density at radius 3 is 1.97 bits per heavy atom. The summed E-state index contributed by atoms with van der Waals surface area (Å²) in [6.07, 6.45) is 1.12. The number of halogens is 2. The summed E-state index contributed by atoms with van der Waals surface area (Å²) in [6, 6.07) is 21.7. The zero-order valence-corrected chi connectivity index (χ0v) is 22.2. The van der Waals surface area contributed by atoms with Crippen molar-refractivity contribution in [2.75, 3.05) is 32.7 Å². The van der Waals surface area contributed by atoms with E-state index in [2.05, 4.69) is 10.2 Å². The molecule has 206 valence electrons. The van der Waals surface area contributed by atoms with Crippen LogP contribution in [0, 0.1) is 11.6 Å². The summed E-state index contributed by atoms with van der Waals surface area (Å²) in [4.78, 5) is 29.1. The van der Waals surface area contributed by atoms with Crippen molar-refractivity contribution in [3.63, 3.8) is 0 Å². The predicted octanol–water partition coefficient (Wildman–Crippen LogP) is 5.34. The van der Waals surface area contributed by atoms with Crippen LogP contribution < -0.4 is 5.32 Å². The van der Waals surface area contributed by atoms with E-state index in [-0.39, 0.29) is 30.1 Å². The minimum Gasteiger partial charge on any atom is -0.445 e. The molecule has 1 saturated heterocycles. The van der Waals surface area contributed by atoms with Crippen LogP contribution in [0.25, 0.3) is 0 Å². The van der Waals surface area contributed by atoms with Gasteiger partial charge in [0.15, 0.2) is 0 Å². The molecule has 3 aromatic rings. The molecule has 1 fully saturated rings. The number of rotatable bonds is 10. The van der Waals surface area contributed by atoms with Crippen LogP contribution in [-0.4, -0.2) is 60.6 Å². The van der Waals surface area contributed by atoms with Crippen LogP contribution in [0.4, 0.5) is 13.6 Å². The van der Waals surface area contributed by atoms with Crippen LogP contribution in [0.2, 0.25) is 0 Å². The molecule has 1 atom stereocenters. The molecule has 1 N–H and O–H groups in total. The Balaban J connectivity index is 1.21. The van der Waals surface area contributed by atoms with Gasteiger partial charge in [0.1, 0.15) is 24.3 Å². The molecule has 1 aliphatic rings. The average molecular weight is 536 g/mol. The van der Waals surface area contributed by atoms with E-state index >= 15 is 0 Å². The van der Waals surface area contributed by atoms with Crippen LogP contribution in [0.3, 0.4) is 0 Å². The van der Waals surface area contributed by atoms with Crippen LogP contribution >= 0.6 is 0 Å². The van der Waals surface area contributed by atoms with E-state index in [1.54, 1.807) is 36.1 Å². The normalized spacial score (nSPS) is 14.7. The lowest BCUT2D eigenvalue weighted by atomic mass is 9.87. The van der Waals surface area contributed by atoms with Gasteiger partial charge in [0, 0.05) is 32.1 Å². The number of nitrogens with zero attached hydrogens (tertiary/aromatic N) is 2. The van der Waals surface area contributed by atoms with Gasteiger partial charge in [0.25, 0.3) is 0 Å². The van der Waals surface area contributed by atoms with Crippen LogP contribution in [0.1, 0.15) is 42.4 Å². The van der Waals surface area contributed by atoms with E-state index in [0.717, 1.165) is 49.2 Å². The van der Waals surface area contributed by atoms with Gasteiger partial charge in [-0.1, -0.05) is 54.6 Å². The first kappa shape index (κ1) is 28.2. The summed E-state index contributed by atoms with van der Waals surface area (Å²) < 4.78 is 32.2. The Bertz CT molecular complexity index is 1150. The molecule has 1 heterocycles. The number of nitrogens with one attached hydrogen (secondary N) is 1. The standard InChI is InChI=1S/C31H35F2N3O3/c1-23(34-31(38)39-22-24-6-3-2-4-7-24)30(37)36-20-18-35(19-21-36)17-5-8-29(25-9-13-27(32)14-10-25)26-11-15-28(33)16-12-26/h2-4,6-7,9-16,23,29H,5,8,17-22H2,1H3,(H,34,38). The fourth-order valence-electron chi connectivity index (χ4n) is 4.90. The van der Waals surface area contributed by atoms with Gasteiger partial charge >= 0.3 is 6.09 Å². The predicted molar refractivity (Wildman–Crippen MR) is 146 cm³/mol. The Morgan fingerprint density at radius 2 is 1.41 bits per heavy atom. The molecule has 2 amide bonds. The number of alkyl carbamates (subject to hydrolysis) is 1. The van der Waals surface area contributed by atoms with Gasteiger partial charge in [-0.3, -0.25) is 9.69 Å². The molecule has 0 aliphatic carbocycles. The van der Waals surface area contributed by atoms with Crippen LogP contribution in [0.15, 0.2) is 78.9 Å². The molecule has 0 saturated carbocycles. The third-order valence-corrected chi connectivity index (χ3v) is 7.11. The van der Waals surface area contributed by atoms with Crippen LogP contribution in [-0.2, 0) is 16.1 Å². The van der Waals surface area contributed by atoms with Crippen molar-refractivity contribution >= 4 is 12.0 Å². The van der Waals surface area contributed by atoms with E-state index in [1.807, 2.05) is 30.3 Å². The summed E-state index contributed by atoms with van der Waals surface area (Å²) in [5, 5.41) is 2.63. The first-order valence-corrected chi connectivity index (χ1v) is 13.4. The van der Waals surface area contributed by atoms with Crippen molar-refractivity contribution in [2.45, 2.75) is 38.3 Å². The molecule has 3 aromatic carbocycles. The molecule has 8 heteroatoms. The van der Waals surface area contributed by atoms with Crippen LogP contribution in [0.5, 0.6) is 0 Å². The van der Waals surface area contributed by atoms with Crippen molar-refractivity contribution in [2.24, 2.45) is 0 Å². The molecular weight excluding hydrogens is 500 g/mol. The van der Waals surface area contributed by atoms with Gasteiger partial charge in [-0.05, 0) is 67.3 Å². The molecule has 1 unspecified atom stereocenters. The SMILES string of the molecule is CC(NC(=O)OCc1ccccc1)C(=O)N1CCN(CCCC(c2ccc(F)cc2)c2ccc(F)cc2)CC1. The molecule has 0 aromatic heterocycles. The highest BCUT2D eigenvalue weighted by Crippen LogP contribution is 2.30. The smallest absolute Gasteiger partial charge is 0.408 e. The first-order valence-electron chi connectivity index (χ1n) is 13.4. The van der Waals surface area contributed by atoms with Gasteiger partial charge in [0.05, 0.1) is 0 Å².